The number of carbonyl (C=O) groups excluding carboxylic acids is 2. The summed E-state index contributed by atoms with van der Waals surface area (Å²) < 4.78 is 10.4. The zero-order valence-corrected chi connectivity index (χ0v) is 13.7. The van der Waals surface area contributed by atoms with Crippen molar-refractivity contribution in [1.29, 1.82) is 0 Å². The minimum atomic E-state index is -1.02. The molecule has 1 aliphatic heterocycles. The fraction of sp³-hybridized carbons (Fsp3) is 0.444. The van der Waals surface area contributed by atoms with Gasteiger partial charge in [0.05, 0.1) is 7.11 Å². The monoisotopic (exact) mass is 331 g/mol. The van der Waals surface area contributed by atoms with Crippen molar-refractivity contribution < 1.29 is 29.3 Å². The van der Waals surface area contributed by atoms with Gasteiger partial charge in [-0.2, -0.15) is 0 Å². The predicted molar refractivity (Wildman–Crippen MR) is 82.7 cm³/mol. The number of esters is 1. The smallest absolute Gasteiger partial charge is 0.342 e. The zero-order valence-electron chi connectivity index (χ0n) is 13.7. The predicted octanol–water partition coefficient (Wildman–Crippen LogP) is 1.40. The van der Waals surface area contributed by atoms with E-state index in [9.17, 15) is 19.8 Å². The molecule has 0 bridgehead atoms. The molecule has 1 heterocycles. The SMILES string of the molecule is COc1c(C)c2c(c(O)c1C/C=C1\CCC(C(=O)[O-])C1)C(=O)OC2. The largest absolute Gasteiger partial charge is 0.550 e. The molecule has 3 rings (SSSR count). The lowest BCUT2D eigenvalue weighted by Gasteiger charge is -2.15. The Balaban J connectivity index is 1.94. The van der Waals surface area contributed by atoms with Crippen LogP contribution < -0.4 is 9.84 Å². The minimum absolute atomic E-state index is 0.110. The second-order valence-corrected chi connectivity index (χ2v) is 6.24. The van der Waals surface area contributed by atoms with Crippen LogP contribution in [0.25, 0.3) is 0 Å². The number of phenols is 1. The lowest BCUT2D eigenvalue weighted by atomic mass is 9.94. The number of aliphatic carboxylic acids is 1. The number of phenolic OH excluding ortho intramolecular Hbond substituents is 1. The zero-order chi connectivity index (χ0) is 17.4. The molecule has 1 N–H and O–H groups in total. The molecule has 1 saturated carbocycles. The summed E-state index contributed by atoms with van der Waals surface area (Å²) >= 11 is 0. The van der Waals surface area contributed by atoms with E-state index in [0.717, 1.165) is 11.1 Å². The summed E-state index contributed by atoms with van der Waals surface area (Å²) in [6.07, 6.45) is 4.02. The van der Waals surface area contributed by atoms with Crippen molar-refractivity contribution in [2.45, 2.75) is 39.2 Å². The molecule has 128 valence electrons. The molecule has 1 atom stereocenters. The summed E-state index contributed by atoms with van der Waals surface area (Å²) in [5.74, 6) is -1.56. The van der Waals surface area contributed by atoms with Gasteiger partial charge >= 0.3 is 5.97 Å². The van der Waals surface area contributed by atoms with Crippen molar-refractivity contribution in [3.63, 3.8) is 0 Å². The van der Waals surface area contributed by atoms with Gasteiger partial charge in [-0.05, 0) is 38.2 Å². The van der Waals surface area contributed by atoms with E-state index in [4.69, 9.17) is 9.47 Å². The molecule has 0 amide bonds. The third-order valence-corrected chi connectivity index (χ3v) is 4.90. The van der Waals surface area contributed by atoms with Crippen LogP contribution in [0.4, 0.5) is 0 Å². The number of carbonyl (C=O) groups is 2. The highest BCUT2D eigenvalue weighted by atomic mass is 16.5. The van der Waals surface area contributed by atoms with E-state index in [0.29, 0.717) is 42.6 Å². The number of benzene rings is 1. The third kappa shape index (κ3) is 2.62. The molecule has 6 nitrogen and oxygen atoms in total. The van der Waals surface area contributed by atoms with E-state index in [1.807, 2.05) is 13.0 Å². The van der Waals surface area contributed by atoms with Gasteiger partial charge in [-0.25, -0.2) is 4.79 Å². The maximum Gasteiger partial charge on any atom is 0.342 e. The van der Waals surface area contributed by atoms with Crippen LogP contribution in [0.5, 0.6) is 11.5 Å². The standard InChI is InChI=1S/C18H20O6/c1-9-13-8-24-18(22)14(13)15(19)12(16(9)23-2)6-4-10-3-5-11(7-10)17(20)21/h4,11,19H,3,5-8H2,1-2H3,(H,20,21)/p-1/b10-4+. The normalized spacial score (nSPS) is 21.0. The third-order valence-electron chi connectivity index (χ3n) is 4.90. The number of rotatable bonds is 4. The average molecular weight is 331 g/mol. The number of allylic oxidation sites excluding steroid dienone is 2. The van der Waals surface area contributed by atoms with Gasteiger partial charge in [0.2, 0.25) is 0 Å². The Bertz CT molecular complexity index is 747. The lowest BCUT2D eigenvalue weighted by Crippen LogP contribution is -2.29. The van der Waals surface area contributed by atoms with Gasteiger partial charge in [-0.3, -0.25) is 0 Å². The van der Waals surface area contributed by atoms with Crippen LogP contribution in [0, 0.1) is 12.8 Å². The second kappa shape index (κ2) is 6.19. The Morgan fingerprint density at radius 2 is 2.25 bits per heavy atom. The Morgan fingerprint density at radius 1 is 1.50 bits per heavy atom. The molecule has 1 unspecified atom stereocenters. The van der Waals surface area contributed by atoms with E-state index >= 15 is 0 Å². The number of carboxylic acids is 1. The van der Waals surface area contributed by atoms with E-state index < -0.39 is 17.9 Å². The van der Waals surface area contributed by atoms with E-state index in [2.05, 4.69) is 0 Å². The molecule has 1 aromatic carbocycles. The summed E-state index contributed by atoms with van der Waals surface area (Å²) in [5.41, 5.74) is 3.19. The summed E-state index contributed by atoms with van der Waals surface area (Å²) in [7, 11) is 1.52. The highest BCUT2D eigenvalue weighted by Gasteiger charge is 2.32. The number of aromatic hydroxyl groups is 1. The summed E-state index contributed by atoms with van der Waals surface area (Å²) in [6.45, 7) is 1.97. The molecule has 6 heteroatoms. The van der Waals surface area contributed by atoms with Crippen LogP contribution in [0.2, 0.25) is 0 Å². The minimum Gasteiger partial charge on any atom is -0.550 e. The molecular weight excluding hydrogens is 312 g/mol. The van der Waals surface area contributed by atoms with Crippen molar-refractivity contribution in [3.8, 4) is 11.5 Å². The van der Waals surface area contributed by atoms with E-state index in [1.54, 1.807) is 0 Å². The van der Waals surface area contributed by atoms with Gasteiger partial charge in [-0.1, -0.05) is 11.6 Å². The number of cyclic esters (lactones) is 1. The molecule has 0 spiro atoms. The van der Waals surface area contributed by atoms with Gasteiger partial charge in [0.1, 0.15) is 23.7 Å². The van der Waals surface area contributed by atoms with Gasteiger partial charge in [0.15, 0.2) is 0 Å². The lowest BCUT2D eigenvalue weighted by molar-refractivity contribution is -0.311. The van der Waals surface area contributed by atoms with Crippen molar-refractivity contribution in [2.75, 3.05) is 7.11 Å². The molecule has 24 heavy (non-hydrogen) atoms. The molecule has 1 aliphatic carbocycles. The number of carboxylic acid groups (broad SMARTS) is 1. The molecular formula is C18H19O6-. The summed E-state index contributed by atoms with van der Waals surface area (Å²) in [6, 6.07) is 0. The van der Waals surface area contributed by atoms with Gasteiger partial charge < -0.3 is 24.5 Å². The first kappa shape index (κ1) is 16.4. The number of hydrogen-bond acceptors (Lipinski definition) is 6. The van der Waals surface area contributed by atoms with Crippen molar-refractivity contribution in [2.24, 2.45) is 5.92 Å². The first-order chi connectivity index (χ1) is 11.4. The number of methoxy groups -OCH3 is 1. The van der Waals surface area contributed by atoms with Crippen LogP contribution >= 0.6 is 0 Å². The summed E-state index contributed by atoms with van der Waals surface area (Å²) in [5, 5.41) is 21.5. The first-order valence-corrected chi connectivity index (χ1v) is 7.91. The number of hydrogen-bond donors (Lipinski definition) is 1. The Hall–Kier alpha value is -2.50. The fourth-order valence-electron chi connectivity index (χ4n) is 3.54. The summed E-state index contributed by atoms with van der Waals surface area (Å²) in [4.78, 5) is 22.8. The molecule has 0 radical (unpaired) electrons. The highest BCUT2D eigenvalue weighted by molar-refractivity contribution is 5.98. The van der Waals surface area contributed by atoms with Gasteiger partial charge in [0.25, 0.3) is 0 Å². The average Bonchev–Trinajstić information content (AvgIpc) is 3.16. The number of fused-ring (bicyclic) bond motifs is 1. The molecule has 2 aliphatic rings. The van der Waals surface area contributed by atoms with Crippen LogP contribution in [-0.4, -0.2) is 24.2 Å². The molecule has 1 aromatic rings. The Labute approximate surface area is 139 Å². The van der Waals surface area contributed by atoms with Gasteiger partial charge in [-0.15, -0.1) is 0 Å². The van der Waals surface area contributed by atoms with Crippen LogP contribution in [0.3, 0.4) is 0 Å². The molecule has 0 aromatic heterocycles. The van der Waals surface area contributed by atoms with E-state index in [1.165, 1.54) is 7.11 Å². The van der Waals surface area contributed by atoms with Crippen LogP contribution in [0.1, 0.15) is 46.3 Å². The number of ether oxygens (including phenoxy) is 2. The molecule has 0 saturated heterocycles. The Kier molecular flexibility index (Phi) is 4.22. The van der Waals surface area contributed by atoms with Crippen LogP contribution in [-0.2, 0) is 22.6 Å². The van der Waals surface area contributed by atoms with E-state index in [-0.39, 0.29) is 17.9 Å². The van der Waals surface area contributed by atoms with Gasteiger partial charge in [0, 0.05) is 23.0 Å². The maximum absolute atomic E-state index is 11.9. The van der Waals surface area contributed by atoms with Crippen molar-refractivity contribution in [3.05, 3.63) is 33.9 Å². The highest BCUT2D eigenvalue weighted by Crippen LogP contribution is 2.42. The Morgan fingerprint density at radius 3 is 2.88 bits per heavy atom. The second-order valence-electron chi connectivity index (χ2n) is 6.24. The topological polar surface area (TPSA) is 95.9 Å². The van der Waals surface area contributed by atoms with Crippen molar-refractivity contribution in [1.82, 2.24) is 0 Å². The maximum atomic E-state index is 11.9. The van der Waals surface area contributed by atoms with Crippen LogP contribution in [0.15, 0.2) is 11.6 Å². The first-order valence-electron chi connectivity index (χ1n) is 7.91. The fourth-order valence-corrected chi connectivity index (χ4v) is 3.54. The molecule has 1 fully saturated rings. The quantitative estimate of drug-likeness (QED) is 0.662. The van der Waals surface area contributed by atoms with Crippen molar-refractivity contribution >= 4 is 11.9 Å².